The summed E-state index contributed by atoms with van der Waals surface area (Å²) in [4.78, 5) is 13.6. The molecule has 3 aromatic rings. The average molecular weight is 357 g/mol. The number of rotatable bonds is 5. The molecule has 0 fully saturated rings. The van der Waals surface area contributed by atoms with Crippen molar-refractivity contribution in [3.05, 3.63) is 65.3 Å². The molecule has 0 atom stereocenters. The molecule has 3 rings (SSSR count). The van der Waals surface area contributed by atoms with Crippen LogP contribution in [0, 0.1) is 5.82 Å². The Bertz CT molecular complexity index is 907. The Morgan fingerprint density at radius 1 is 1.00 bits per heavy atom. The van der Waals surface area contributed by atoms with Crippen LogP contribution in [-0.4, -0.2) is 20.1 Å². The van der Waals surface area contributed by atoms with E-state index < -0.39 is 0 Å². The molecule has 0 saturated heterocycles. The summed E-state index contributed by atoms with van der Waals surface area (Å²) >= 11 is 1.24. The van der Waals surface area contributed by atoms with Gasteiger partial charge in [0, 0.05) is 22.2 Å². The molecule has 1 N–H and O–H groups in total. The van der Waals surface area contributed by atoms with Crippen molar-refractivity contribution in [2.75, 3.05) is 19.5 Å². The number of methoxy groups -OCH3 is 2. The van der Waals surface area contributed by atoms with Gasteiger partial charge in [0.1, 0.15) is 5.82 Å². The van der Waals surface area contributed by atoms with E-state index in [1.54, 1.807) is 55.6 Å². The highest BCUT2D eigenvalue weighted by atomic mass is 32.1. The maximum Gasteiger partial charge on any atom is 0.265 e. The Kier molecular flexibility index (Phi) is 5.00. The molecule has 0 unspecified atom stereocenters. The van der Waals surface area contributed by atoms with E-state index in [4.69, 9.17) is 9.47 Å². The number of hydrogen-bond donors (Lipinski definition) is 1. The fourth-order valence-electron chi connectivity index (χ4n) is 2.37. The van der Waals surface area contributed by atoms with E-state index >= 15 is 0 Å². The van der Waals surface area contributed by atoms with E-state index in [1.807, 2.05) is 0 Å². The van der Waals surface area contributed by atoms with Crippen molar-refractivity contribution in [1.29, 1.82) is 0 Å². The highest BCUT2D eigenvalue weighted by Crippen LogP contribution is 2.32. The third-order valence-corrected chi connectivity index (χ3v) is 4.73. The maximum atomic E-state index is 13.9. The SMILES string of the molecule is COc1ccc(NC(=O)c2ccc(-c3ccccc3F)s2)cc1OC. The predicted molar refractivity (Wildman–Crippen MR) is 97.2 cm³/mol. The van der Waals surface area contributed by atoms with Crippen molar-refractivity contribution in [3.63, 3.8) is 0 Å². The van der Waals surface area contributed by atoms with E-state index in [9.17, 15) is 9.18 Å². The number of hydrogen-bond acceptors (Lipinski definition) is 4. The Hall–Kier alpha value is -2.86. The van der Waals surface area contributed by atoms with Crippen molar-refractivity contribution in [2.24, 2.45) is 0 Å². The summed E-state index contributed by atoms with van der Waals surface area (Å²) in [6, 6.07) is 15.0. The van der Waals surface area contributed by atoms with Crippen LogP contribution in [0.25, 0.3) is 10.4 Å². The number of nitrogens with one attached hydrogen (secondary N) is 1. The molecule has 0 spiro atoms. The molecule has 0 bridgehead atoms. The summed E-state index contributed by atoms with van der Waals surface area (Å²) < 4.78 is 24.3. The highest BCUT2D eigenvalue weighted by molar-refractivity contribution is 7.17. The summed E-state index contributed by atoms with van der Waals surface area (Å²) in [5.41, 5.74) is 1.07. The molecule has 0 aliphatic carbocycles. The number of thiophene rings is 1. The molecule has 1 aromatic heterocycles. The molecule has 1 amide bonds. The number of carbonyl (C=O) groups excluding carboxylic acids is 1. The first-order valence-corrected chi connectivity index (χ1v) is 8.32. The molecular weight excluding hydrogens is 341 g/mol. The molecule has 6 heteroatoms. The molecule has 0 aliphatic heterocycles. The van der Waals surface area contributed by atoms with Crippen molar-refractivity contribution in [3.8, 4) is 21.9 Å². The monoisotopic (exact) mass is 357 g/mol. The standard InChI is InChI=1S/C19H16FNO3S/c1-23-15-8-7-12(11-16(15)24-2)21-19(22)18-10-9-17(25-18)13-5-3-4-6-14(13)20/h3-11H,1-2H3,(H,21,22). The van der Waals surface area contributed by atoms with Gasteiger partial charge in [-0.1, -0.05) is 18.2 Å². The lowest BCUT2D eigenvalue weighted by Gasteiger charge is -2.10. The Labute approximate surface area is 148 Å². The number of amides is 1. The van der Waals surface area contributed by atoms with Crippen molar-refractivity contribution >= 4 is 22.9 Å². The van der Waals surface area contributed by atoms with E-state index in [0.717, 1.165) is 0 Å². The fourth-order valence-corrected chi connectivity index (χ4v) is 3.30. The lowest BCUT2D eigenvalue weighted by Crippen LogP contribution is -2.10. The summed E-state index contributed by atoms with van der Waals surface area (Å²) in [5.74, 6) is 0.535. The summed E-state index contributed by atoms with van der Waals surface area (Å²) in [5, 5.41) is 2.81. The Morgan fingerprint density at radius 3 is 2.48 bits per heavy atom. The van der Waals surface area contributed by atoms with Gasteiger partial charge >= 0.3 is 0 Å². The van der Waals surface area contributed by atoms with Gasteiger partial charge in [-0.2, -0.15) is 0 Å². The average Bonchev–Trinajstić information content (AvgIpc) is 3.12. The number of carbonyl (C=O) groups is 1. The first kappa shape index (κ1) is 17.0. The van der Waals surface area contributed by atoms with Gasteiger partial charge < -0.3 is 14.8 Å². The zero-order valence-corrected chi connectivity index (χ0v) is 14.5. The summed E-state index contributed by atoms with van der Waals surface area (Å²) in [6.07, 6.45) is 0. The lowest BCUT2D eigenvalue weighted by atomic mass is 10.2. The minimum Gasteiger partial charge on any atom is -0.493 e. The van der Waals surface area contributed by atoms with Crippen LogP contribution in [0.5, 0.6) is 11.5 Å². The smallest absolute Gasteiger partial charge is 0.265 e. The van der Waals surface area contributed by atoms with E-state index in [-0.39, 0.29) is 11.7 Å². The molecule has 4 nitrogen and oxygen atoms in total. The first-order chi connectivity index (χ1) is 12.1. The van der Waals surface area contributed by atoms with E-state index in [1.165, 1.54) is 24.5 Å². The Morgan fingerprint density at radius 2 is 1.76 bits per heavy atom. The van der Waals surface area contributed by atoms with Crippen LogP contribution in [0.15, 0.2) is 54.6 Å². The second kappa shape index (κ2) is 7.36. The molecule has 0 saturated carbocycles. The summed E-state index contributed by atoms with van der Waals surface area (Å²) in [6.45, 7) is 0. The van der Waals surface area contributed by atoms with Gasteiger partial charge in [0.15, 0.2) is 11.5 Å². The number of anilines is 1. The topological polar surface area (TPSA) is 47.6 Å². The van der Waals surface area contributed by atoms with Gasteiger partial charge in [-0.3, -0.25) is 4.79 Å². The van der Waals surface area contributed by atoms with Gasteiger partial charge in [-0.15, -0.1) is 11.3 Å². The van der Waals surface area contributed by atoms with Gasteiger partial charge in [0.2, 0.25) is 0 Å². The van der Waals surface area contributed by atoms with E-state index in [0.29, 0.717) is 32.5 Å². The minimum absolute atomic E-state index is 0.264. The molecule has 2 aromatic carbocycles. The third-order valence-electron chi connectivity index (χ3n) is 3.61. The van der Waals surface area contributed by atoms with Gasteiger partial charge in [-0.05, 0) is 30.3 Å². The third kappa shape index (κ3) is 3.64. The van der Waals surface area contributed by atoms with Crippen molar-refractivity contribution < 1.29 is 18.7 Å². The van der Waals surface area contributed by atoms with Crippen LogP contribution < -0.4 is 14.8 Å². The second-order valence-electron chi connectivity index (χ2n) is 5.17. The first-order valence-electron chi connectivity index (χ1n) is 7.50. The zero-order chi connectivity index (χ0) is 17.8. The van der Waals surface area contributed by atoms with Crippen LogP contribution in [0.3, 0.4) is 0 Å². The molecule has 128 valence electrons. The van der Waals surface area contributed by atoms with Crippen LogP contribution >= 0.6 is 11.3 Å². The Balaban J connectivity index is 1.80. The second-order valence-corrected chi connectivity index (χ2v) is 6.25. The van der Waals surface area contributed by atoms with E-state index in [2.05, 4.69) is 5.32 Å². The highest BCUT2D eigenvalue weighted by Gasteiger charge is 2.13. The van der Waals surface area contributed by atoms with Crippen LogP contribution in [0.1, 0.15) is 9.67 Å². The van der Waals surface area contributed by atoms with Crippen molar-refractivity contribution in [1.82, 2.24) is 0 Å². The summed E-state index contributed by atoms with van der Waals surface area (Å²) in [7, 11) is 3.08. The molecular formula is C19H16FNO3S. The quantitative estimate of drug-likeness (QED) is 0.712. The normalized spacial score (nSPS) is 10.4. The van der Waals surface area contributed by atoms with Gasteiger partial charge in [-0.25, -0.2) is 4.39 Å². The predicted octanol–water partition coefficient (Wildman–Crippen LogP) is 4.82. The lowest BCUT2D eigenvalue weighted by molar-refractivity contribution is 0.103. The van der Waals surface area contributed by atoms with Crippen LogP contribution in [0.2, 0.25) is 0 Å². The van der Waals surface area contributed by atoms with Crippen LogP contribution in [-0.2, 0) is 0 Å². The number of ether oxygens (including phenoxy) is 2. The number of halogens is 1. The van der Waals surface area contributed by atoms with Gasteiger partial charge in [0.05, 0.1) is 19.1 Å². The molecule has 1 heterocycles. The van der Waals surface area contributed by atoms with Gasteiger partial charge in [0.25, 0.3) is 5.91 Å². The molecule has 25 heavy (non-hydrogen) atoms. The maximum absolute atomic E-state index is 13.9. The molecule has 0 aliphatic rings. The van der Waals surface area contributed by atoms with Crippen molar-refractivity contribution in [2.45, 2.75) is 0 Å². The minimum atomic E-state index is -0.309. The largest absolute Gasteiger partial charge is 0.493 e. The van der Waals surface area contributed by atoms with Crippen LogP contribution in [0.4, 0.5) is 10.1 Å². The number of benzene rings is 2. The molecule has 0 radical (unpaired) electrons. The fraction of sp³-hybridized carbons (Fsp3) is 0.105. The zero-order valence-electron chi connectivity index (χ0n) is 13.7.